The van der Waals surface area contributed by atoms with Crippen LogP contribution in [0.1, 0.15) is 132 Å². The second kappa shape index (κ2) is 51.3. The number of hydrogen-bond acceptors (Lipinski definition) is 25. The van der Waals surface area contributed by atoms with E-state index in [1.54, 1.807) is 55.8 Å². The number of hydrogen-bond donors (Lipinski definition) is 4. The van der Waals surface area contributed by atoms with Gasteiger partial charge in [0.05, 0.1) is 101 Å². The lowest BCUT2D eigenvalue weighted by Crippen LogP contribution is -2.37. The van der Waals surface area contributed by atoms with Crippen molar-refractivity contribution in [2.75, 3.05) is 101 Å². The van der Waals surface area contributed by atoms with Crippen LogP contribution in [0.3, 0.4) is 0 Å². The fourth-order valence-corrected chi connectivity index (χ4v) is 10.6. The molecule has 0 amide bonds. The quantitative estimate of drug-likeness (QED) is 0.0325. The summed E-state index contributed by atoms with van der Waals surface area (Å²) in [5, 5.41) is 0. The number of methoxy groups -OCH3 is 6. The number of carbonyl (C=O) groups is 4. The molecule has 0 aromatic rings. The van der Waals surface area contributed by atoms with Gasteiger partial charge in [0.15, 0.2) is 0 Å². The Morgan fingerprint density at radius 2 is 0.727 bits per heavy atom. The van der Waals surface area contributed by atoms with E-state index in [1.165, 1.54) is 28.4 Å². The van der Waals surface area contributed by atoms with Crippen LogP contribution in [0.15, 0.2) is 9.98 Å². The minimum atomic E-state index is -3.11. The van der Waals surface area contributed by atoms with E-state index in [-0.39, 0.29) is 103 Å². The predicted molar refractivity (Wildman–Crippen MR) is 309 cm³/mol. The number of nitrogens with zero attached hydrogens (tertiary/aromatic N) is 2. The highest BCUT2D eigenvalue weighted by Gasteiger charge is 2.34. The molecule has 0 fully saturated rings. The molecule has 0 bridgehead atoms. The van der Waals surface area contributed by atoms with E-state index in [9.17, 15) is 32.9 Å². The smallest absolute Gasteiger partial charge is 0.330 e. The molecule has 6 atom stereocenters. The van der Waals surface area contributed by atoms with E-state index in [0.717, 1.165) is 0 Å². The van der Waals surface area contributed by atoms with Gasteiger partial charge in [0, 0.05) is 0 Å². The molecule has 8 N–H and O–H groups in total. The Bertz CT molecular complexity index is 1620. The zero-order valence-corrected chi connectivity index (χ0v) is 49.7. The zero-order chi connectivity index (χ0) is 57.5. The average Bonchev–Trinajstić information content (AvgIpc) is 3.35. The molecule has 1 heterocycles. The van der Waals surface area contributed by atoms with Crippen molar-refractivity contribution in [3.05, 3.63) is 0 Å². The summed E-state index contributed by atoms with van der Waals surface area (Å²) in [5.41, 5.74) is 21.8. The van der Waals surface area contributed by atoms with Gasteiger partial charge >= 0.3 is 46.7 Å². The van der Waals surface area contributed by atoms with Crippen molar-refractivity contribution in [3.63, 3.8) is 0 Å². The summed E-state index contributed by atoms with van der Waals surface area (Å²) >= 11 is 0. The van der Waals surface area contributed by atoms with Crippen LogP contribution >= 0.6 is 22.8 Å². The number of nitrogens with two attached hydrogens (primary N) is 4. The minimum absolute atomic E-state index is 0. The van der Waals surface area contributed by atoms with E-state index in [2.05, 4.69) is 42.8 Å². The van der Waals surface area contributed by atoms with Gasteiger partial charge in [-0.05, 0) is 78.6 Å². The predicted octanol–water partition coefficient (Wildman–Crippen LogP) is 8.25. The average molecular weight is 1180 g/mol. The third-order valence-electron chi connectivity index (χ3n) is 9.59. The van der Waals surface area contributed by atoms with Gasteiger partial charge in [-0.2, -0.15) is 0 Å². The lowest BCUT2D eigenvalue weighted by molar-refractivity contribution is -0.144. The number of rotatable bonds is 28. The van der Waals surface area contributed by atoms with E-state index in [0.29, 0.717) is 57.9 Å². The first-order chi connectivity index (χ1) is 34.1. The van der Waals surface area contributed by atoms with E-state index in [4.69, 9.17) is 59.6 Å². The van der Waals surface area contributed by atoms with Gasteiger partial charge in [-0.25, -0.2) is 9.98 Å². The van der Waals surface area contributed by atoms with Crippen LogP contribution in [0, 0.1) is 17.8 Å². The summed E-state index contributed by atoms with van der Waals surface area (Å²) in [5.74, 6) is -0.0840. The van der Waals surface area contributed by atoms with Gasteiger partial charge in [-0.15, -0.1) is 0 Å². The first-order valence-corrected chi connectivity index (χ1v) is 29.5. The fraction of sp³-hybridized carbons (Fsp3) is 0.878. The van der Waals surface area contributed by atoms with Crippen LogP contribution in [0.2, 0.25) is 0 Å². The van der Waals surface area contributed by atoms with Crippen LogP contribution in [0.5, 0.6) is 0 Å². The Balaban J connectivity index is -0.000000133. The Morgan fingerprint density at radius 1 is 0.455 bits per heavy atom. The van der Waals surface area contributed by atoms with Gasteiger partial charge in [-0.1, -0.05) is 71.2 Å². The monoisotopic (exact) mass is 1180 g/mol. The maximum Gasteiger partial charge on any atom is 0.330 e. The maximum atomic E-state index is 12.6. The largest absolute Gasteiger partial charge is 0.483 e. The molecule has 25 nitrogen and oxygen atoms in total. The third-order valence-corrected chi connectivity index (χ3v) is 15.9. The topological polar surface area (TPSA) is 359 Å². The molecule has 1 aliphatic heterocycles. The molecule has 0 spiro atoms. The van der Waals surface area contributed by atoms with Crippen molar-refractivity contribution < 1.29 is 88.4 Å². The highest BCUT2D eigenvalue weighted by molar-refractivity contribution is 7.54. The van der Waals surface area contributed by atoms with E-state index < -0.39 is 58.9 Å². The molecule has 1 aliphatic rings. The summed E-state index contributed by atoms with van der Waals surface area (Å²) in [7, 11) is -0.981. The Morgan fingerprint density at radius 3 is 0.935 bits per heavy atom. The summed E-state index contributed by atoms with van der Waals surface area (Å²) in [4.78, 5) is 52.4. The summed E-state index contributed by atoms with van der Waals surface area (Å²) < 4.78 is 95.9. The Labute approximate surface area is 465 Å². The molecular weight excluding hydrogens is 1070 g/mol. The van der Waals surface area contributed by atoms with Gasteiger partial charge in [0.25, 0.3) is 0 Å². The molecule has 77 heavy (non-hydrogen) atoms. The third kappa shape index (κ3) is 40.9. The first-order valence-electron chi connectivity index (χ1n) is 24.3. The molecule has 0 aromatic carbocycles. The van der Waals surface area contributed by atoms with Crippen LogP contribution in [-0.4, -0.2) is 173 Å². The van der Waals surface area contributed by atoms with Gasteiger partial charge < -0.3 is 78.5 Å². The van der Waals surface area contributed by atoms with Crippen LogP contribution < -0.4 is 22.9 Å². The summed E-state index contributed by atoms with van der Waals surface area (Å²) in [6.45, 7) is 24.0. The summed E-state index contributed by atoms with van der Waals surface area (Å²) in [6.07, 6.45) is 1.37. The van der Waals surface area contributed by atoms with Crippen LogP contribution in [-0.2, 0) is 88.4 Å². The normalized spacial score (nSPS) is 15.3. The molecule has 0 aromatic heterocycles. The molecule has 0 unspecified atom stereocenters. The van der Waals surface area contributed by atoms with E-state index in [1.807, 2.05) is 27.7 Å². The molecule has 0 radical (unpaired) electrons. The van der Waals surface area contributed by atoms with Crippen LogP contribution in [0.25, 0.3) is 0 Å². The zero-order valence-electron chi connectivity index (χ0n) is 47.0. The maximum absolute atomic E-state index is 12.6. The molecule has 0 saturated carbocycles. The SMILES string of the molecule is C.C.C.C.CCOP(=O)(CC[C@@H](N)C(=O)OC)OCC.CCOP(=O)(CC[C@@H](N)C(=O)OC)OCC.CCOP(=O)(CC[C@H]1N=C(OC)[C@H](C(C)C)N=C1OC)OCC.COC(=O)[C@@H](N)C(C)C.COC(=O)[C@@H](N)C(C)C. The number of ether oxygens (including phenoxy) is 6. The first kappa shape index (κ1) is 90.6. The molecule has 0 aliphatic carbocycles. The van der Waals surface area contributed by atoms with Crippen molar-refractivity contribution in [2.45, 2.75) is 168 Å². The lowest BCUT2D eigenvalue weighted by atomic mass is 10.0. The molecular formula is C49H111N6O19P3. The standard InChI is InChI=1S/C15H29N2O5P.2C9H20NO5P.2C6H13NO2.4CH4/c1-7-21-23(18,22-8-2)10-9-12-14(19-5)17-13(11(3)4)15(16-12)20-6;2*1-4-14-16(12,15-5-2)7-6-8(10)9(11)13-3;2*1-4(2)5(7)6(8)9-3;;;;/h11-13H,7-10H2,1-6H3;2*8H,4-7,10H2,1-3H3;2*4-5H,7H2,1-3H3;4*1H4/t12-,13+;2*8-;2*5-;;;;/m11100..../s1. The van der Waals surface area contributed by atoms with Gasteiger partial charge in [0.1, 0.15) is 36.3 Å². The second-order valence-electron chi connectivity index (χ2n) is 16.3. The molecule has 28 heteroatoms. The highest BCUT2D eigenvalue weighted by atomic mass is 31.2. The molecule has 0 saturated heterocycles. The van der Waals surface area contributed by atoms with Crippen molar-refractivity contribution in [2.24, 2.45) is 50.7 Å². The molecule has 1 rings (SSSR count). The van der Waals surface area contributed by atoms with Gasteiger partial charge in [0.2, 0.25) is 11.8 Å². The molecule has 466 valence electrons. The van der Waals surface area contributed by atoms with Gasteiger partial charge in [-0.3, -0.25) is 32.9 Å². The van der Waals surface area contributed by atoms with E-state index >= 15 is 0 Å². The van der Waals surface area contributed by atoms with Crippen molar-refractivity contribution in [1.29, 1.82) is 0 Å². The number of esters is 4. The lowest BCUT2D eigenvalue weighted by Gasteiger charge is -2.27. The fourth-order valence-electron chi connectivity index (χ4n) is 5.46. The second-order valence-corrected chi connectivity index (χ2v) is 22.8. The van der Waals surface area contributed by atoms with Crippen molar-refractivity contribution >= 4 is 58.5 Å². The number of aliphatic imine (C=N–C) groups is 2. The highest BCUT2D eigenvalue weighted by Crippen LogP contribution is 2.50. The Kier molecular flexibility index (Phi) is 60.3. The number of carbonyl (C=O) groups excluding carboxylic acids is 4. The van der Waals surface area contributed by atoms with Crippen molar-refractivity contribution in [1.82, 2.24) is 0 Å². The Hall–Kier alpha value is -2.89. The minimum Gasteiger partial charge on any atom is -0.483 e. The van der Waals surface area contributed by atoms with Crippen molar-refractivity contribution in [3.8, 4) is 0 Å². The summed E-state index contributed by atoms with van der Waals surface area (Å²) in [6, 6.07) is -3.03. The van der Waals surface area contributed by atoms with Crippen LogP contribution in [0.4, 0.5) is 0 Å².